The van der Waals surface area contributed by atoms with E-state index in [4.69, 9.17) is 4.74 Å². The number of likely N-dealkylation sites (N-methyl/N-ethyl adjacent to an activating group) is 1. The summed E-state index contributed by atoms with van der Waals surface area (Å²) in [6, 6.07) is -0.752. The van der Waals surface area contributed by atoms with Gasteiger partial charge in [-0.1, -0.05) is 23.8 Å². The Bertz CT molecular complexity index is 734. The Balaban J connectivity index is 1.64. The van der Waals surface area contributed by atoms with Crippen LogP contribution < -0.4 is 5.32 Å². The predicted octanol–water partition coefficient (Wildman–Crippen LogP) is 3.42. The van der Waals surface area contributed by atoms with E-state index in [-0.39, 0.29) is 0 Å². The standard InChI is InChI=1S/C21H28F3N3O2/c1-20(6-4-3-5-7-20)29-19(28)25-18-13-16(12-17(14-18)21(22,23)24)15-27-10-8-26(2)9-11-27/h3-6,12,14,18H,7-11,13,15H2,1-2H3,(H,25,28). The van der Waals surface area contributed by atoms with Crippen LogP contribution in [-0.4, -0.2) is 73.5 Å². The molecule has 160 valence electrons. The number of rotatable bonds is 4. The van der Waals surface area contributed by atoms with Crippen LogP contribution in [0.1, 0.15) is 19.8 Å². The maximum atomic E-state index is 13.4. The van der Waals surface area contributed by atoms with E-state index in [1.807, 2.05) is 19.2 Å². The minimum atomic E-state index is -4.46. The molecule has 1 amide bonds. The summed E-state index contributed by atoms with van der Waals surface area (Å²) in [6.45, 7) is 5.66. The molecule has 2 atom stereocenters. The van der Waals surface area contributed by atoms with E-state index in [2.05, 4.69) is 15.1 Å². The minimum absolute atomic E-state index is 0.341. The highest BCUT2D eigenvalue weighted by molar-refractivity contribution is 5.69. The quantitative estimate of drug-likeness (QED) is 0.770. The van der Waals surface area contributed by atoms with Crippen molar-refractivity contribution < 1.29 is 22.7 Å². The van der Waals surface area contributed by atoms with Gasteiger partial charge < -0.3 is 15.0 Å². The van der Waals surface area contributed by atoms with Crippen LogP contribution in [0.2, 0.25) is 0 Å². The first-order chi connectivity index (χ1) is 13.6. The molecule has 0 aromatic rings. The first-order valence-corrected chi connectivity index (χ1v) is 9.86. The van der Waals surface area contributed by atoms with Crippen LogP contribution in [0.25, 0.3) is 0 Å². The Morgan fingerprint density at radius 1 is 1.28 bits per heavy atom. The summed E-state index contributed by atoms with van der Waals surface area (Å²) in [5.74, 6) is 0. The van der Waals surface area contributed by atoms with Gasteiger partial charge in [0.1, 0.15) is 5.60 Å². The topological polar surface area (TPSA) is 44.8 Å². The van der Waals surface area contributed by atoms with E-state index in [1.54, 1.807) is 19.1 Å². The molecule has 0 saturated carbocycles. The molecule has 1 aliphatic heterocycles. The first kappa shape index (κ1) is 21.6. The van der Waals surface area contributed by atoms with Crippen LogP contribution in [0.5, 0.6) is 0 Å². The fourth-order valence-electron chi connectivity index (χ4n) is 3.73. The number of ether oxygens (including phenoxy) is 1. The van der Waals surface area contributed by atoms with E-state index in [9.17, 15) is 18.0 Å². The second-order valence-corrected chi connectivity index (χ2v) is 8.15. The Labute approximate surface area is 169 Å². The average molecular weight is 411 g/mol. The molecule has 1 N–H and O–H groups in total. The number of carbonyl (C=O) groups excluding carboxylic acids is 1. The van der Waals surface area contributed by atoms with Crippen LogP contribution >= 0.6 is 0 Å². The van der Waals surface area contributed by atoms with E-state index in [0.717, 1.165) is 32.3 Å². The largest absolute Gasteiger partial charge is 0.439 e. The summed E-state index contributed by atoms with van der Waals surface area (Å²) >= 11 is 0. The highest BCUT2D eigenvalue weighted by Crippen LogP contribution is 2.32. The molecule has 2 unspecified atom stereocenters. The van der Waals surface area contributed by atoms with Crippen LogP contribution in [0.15, 0.2) is 47.6 Å². The van der Waals surface area contributed by atoms with Gasteiger partial charge in [0.05, 0.1) is 11.6 Å². The molecular formula is C21H28F3N3O2. The molecule has 1 saturated heterocycles. The number of amides is 1. The van der Waals surface area contributed by atoms with Gasteiger partial charge in [0.25, 0.3) is 0 Å². The number of allylic oxidation sites excluding steroid dienone is 4. The fourth-order valence-corrected chi connectivity index (χ4v) is 3.73. The van der Waals surface area contributed by atoms with Crippen LogP contribution in [-0.2, 0) is 4.74 Å². The van der Waals surface area contributed by atoms with Crippen LogP contribution in [0.3, 0.4) is 0 Å². The summed E-state index contributed by atoms with van der Waals surface area (Å²) in [5.41, 5.74) is -0.839. The van der Waals surface area contributed by atoms with Crippen LogP contribution in [0.4, 0.5) is 18.0 Å². The Morgan fingerprint density at radius 2 is 2.00 bits per heavy atom. The lowest BCUT2D eigenvalue weighted by Gasteiger charge is -2.34. The van der Waals surface area contributed by atoms with Gasteiger partial charge in [0.2, 0.25) is 0 Å². The zero-order valence-electron chi connectivity index (χ0n) is 16.8. The molecule has 1 heterocycles. The van der Waals surface area contributed by atoms with Crippen molar-refractivity contribution in [3.63, 3.8) is 0 Å². The number of alkyl halides is 3. The van der Waals surface area contributed by atoms with Crippen molar-refractivity contribution in [2.75, 3.05) is 39.8 Å². The summed E-state index contributed by atoms with van der Waals surface area (Å²) in [6.07, 6.45) is 5.29. The third-order valence-electron chi connectivity index (χ3n) is 5.42. The summed E-state index contributed by atoms with van der Waals surface area (Å²) in [4.78, 5) is 16.7. The van der Waals surface area contributed by atoms with E-state index < -0.39 is 29.5 Å². The van der Waals surface area contributed by atoms with Crippen molar-refractivity contribution in [2.24, 2.45) is 0 Å². The Morgan fingerprint density at radius 3 is 2.62 bits per heavy atom. The van der Waals surface area contributed by atoms with Crippen molar-refractivity contribution in [1.82, 2.24) is 15.1 Å². The molecular weight excluding hydrogens is 383 g/mol. The normalized spacial score (nSPS) is 28.7. The lowest BCUT2D eigenvalue weighted by atomic mass is 9.94. The molecule has 0 bridgehead atoms. The molecule has 1 fully saturated rings. The van der Waals surface area contributed by atoms with Gasteiger partial charge in [-0.25, -0.2) is 4.79 Å². The maximum absolute atomic E-state index is 13.4. The van der Waals surface area contributed by atoms with E-state index >= 15 is 0 Å². The Kier molecular flexibility index (Phi) is 6.53. The smallest absolute Gasteiger partial charge is 0.416 e. The van der Waals surface area contributed by atoms with Crippen molar-refractivity contribution in [2.45, 2.75) is 37.6 Å². The zero-order chi connectivity index (χ0) is 21.1. The monoisotopic (exact) mass is 411 g/mol. The summed E-state index contributed by atoms with van der Waals surface area (Å²) in [5, 5.41) is 2.60. The summed E-state index contributed by atoms with van der Waals surface area (Å²) in [7, 11) is 2.03. The molecule has 3 aliphatic rings. The number of piperazine rings is 1. The predicted molar refractivity (Wildman–Crippen MR) is 105 cm³/mol. The molecule has 0 aromatic heterocycles. The number of nitrogens with zero attached hydrogens (tertiary/aromatic N) is 2. The number of hydrogen-bond acceptors (Lipinski definition) is 4. The second kappa shape index (κ2) is 8.75. The molecule has 0 radical (unpaired) electrons. The number of alkyl carbamates (subject to hydrolysis) is 1. The van der Waals surface area contributed by atoms with Crippen molar-refractivity contribution in [1.29, 1.82) is 0 Å². The molecule has 29 heavy (non-hydrogen) atoms. The van der Waals surface area contributed by atoms with Crippen molar-refractivity contribution in [3.05, 3.63) is 47.6 Å². The molecule has 0 spiro atoms. The van der Waals surface area contributed by atoms with Crippen LogP contribution in [0, 0.1) is 0 Å². The van der Waals surface area contributed by atoms with Gasteiger partial charge in [0.15, 0.2) is 0 Å². The van der Waals surface area contributed by atoms with E-state index in [1.165, 1.54) is 6.08 Å². The van der Waals surface area contributed by atoms with Gasteiger partial charge in [0, 0.05) is 39.1 Å². The van der Waals surface area contributed by atoms with Gasteiger partial charge >= 0.3 is 12.3 Å². The molecule has 2 aliphatic carbocycles. The highest BCUT2D eigenvalue weighted by Gasteiger charge is 2.36. The van der Waals surface area contributed by atoms with Gasteiger partial charge in [-0.15, -0.1) is 0 Å². The number of hydrogen-bond donors (Lipinski definition) is 1. The second-order valence-electron chi connectivity index (χ2n) is 8.15. The zero-order valence-corrected chi connectivity index (χ0v) is 16.8. The first-order valence-electron chi connectivity index (χ1n) is 9.86. The van der Waals surface area contributed by atoms with Gasteiger partial charge in [-0.2, -0.15) is 13.2 Å². The molecule has 8 heteroatoms. The average Bonchev–Trinajstić information content (AvgIpc) is 2.63. The molecule has 3 rings (SSSR count). The minimum Gasteiger partial charge on any atom is -0.439 e. The Hall–Kier alpha value is -2.06. The lowest BCUT2D eigenvalue weighted by molar-refractivity contribution is -0.0889. The SMILES string of the molecule is CN1CCN(CC2=CC(C(F)(F)F)=CC(NC(=O)OC3(C)C=CC=CC3)C2)CC1. The molecule has 0 aromatic carbocycles. The fraction of sp³-hybridized carbons (Fsp3) is 0.571. The lowest BCUT2D eigenvalue weighted by Crippen LogP contribution is -2.46. The number of carbonyl (C=O) groups is 1. The molecule has 5 nitrogen and oxygen atoms in total. The van der Waals surface area contributed by atoms with Crippen molar-refractivity contribution in [3.8, 4) is 0 Å². The van der Waals surface area contributed by atoms with Gasteiger partial charge in [-0.05, 0) is 38.6 Å². The highest BCUT2D eigenvalue weighted by atomic mass is 19.4. The number of halogens is 3. The van der Waals surface area contributed by atoms with E-state index in [0.29, 0.717) is 25.0 Å². The third-order valence-corrected chi connectivity index (χ3v) is 5.42. The number of nitrogens with one attached hydrogen (secondary N) is 1. The third kappa shape index (κ3) is 6.21. The van der Waals surface area contributed by atoms with Crippen molar-refractivity contribution >= 4 is 6.09 Å². The van der Waals surface area contributed by atoms with Gasteiger partial charge in [-0.3, -0.25) is 4.90 Å². The maximum Gasteiger partial charge on any atom is 0.416 e. The summed E-state index contributed by atoms with van der Waals surface area (Å²) < 4.78 is 45.7.